The molecule has 3 heterocycles. The van der Waals surface area contributed by atoms with Gasteiger partial charge in [-0.3, -0.25) is 4.79 Å². The van der Waals surface area contributed by atoms with E-state index in [1.54, 1.807) is 13.8 Å². The molecule has 0 saturated carbocycles. The first-order valence-corrected chi connectivity index (χ1v) is 8.11. The molecular weight excluding hydrogens is 302 g/mol. The zero-order chi connectivity index (χ0) is 15.5. The van der Waals surface area contributed by atoms with Gasteiger partial charge in [-0.15, -0.1) is 0 Å². The van der Waals surface area contributed by atoms with Gasteiger partial charge in [0.1, 0.15) is 0 Å². The number of carbonyl (C=O) groups excluding carboxylic acids is 1. The first-order chi connectivity index (χ1) is 10.6. The van der Waals surface area contributed by atoms with E-state index >= 15 is 0 Å². The molecule has 0 aliphatic carbocycles. The minimum Gasteiger partial charge on any atom is -0.436 e. The lowest BCUT2D eigenvalue weighted by atomic mass is 9.97. The molecule has 1 amide bonds. The van der Waals surface area contributed by atoms with Crippen molar-refractivity contribution in [3.63, 3.8) is 0 Å². The highest BCUT2D eigenvalue weighted by atomic mass is 32.1. The molecule has 118 valence electrons. The zero-order valence-electron chi connectivity index (χ0n) is 12.7. The Kier molecular flexibility index (Phi) is 4.37. The minimum atomic E-state index is -0.177. The fourth-order valence-electron chi connectivity index (χ4n) is 2.72. The Bertz CT molecular complexity index is 632. The van der Waals surface area contributed by atoms with Crippen LogP contribution in [0.4, 0.5) is 5.82 Å². The second-order valence-electron chi connectivity index (χ2n) is 5.55. The second-order valence-corrected chi connectivity index (χ2v) is 6.11. The van der Waals surface area contributed by atoms with Crippen LogP contribution in [0.1, 0.15) is 35.0 Å². The molecule has 3 rings (SSSR count). The molecule has 1 aliphatic rings. The van der Waals surface area contributed by atoms with Gasteiger partial charge in [-0.2, -0.15) is 8.75 Å². The molecule has 0 aromatic carbocycles. The molecule has 1 aliphatic heterocycles. The second kappa shape index (κ2) is 6.43. The number of aryl methyl sites for hydroxylation is 2. The number of anilines is 1. The van der Waals surface area contributed by atoms with Crippen LogP contribution in [0, 0.1) is 19.8 Å². The third-order valence-electron chi connectivity index (χ3n) is 3.95. The number of nitrogens with one attached hydrogen (secondary N) is 1. The molecule has 22 heavy (non-hydrogen) atoms. The van der Waals surface area contributed by atoms with E-state index in [2.05, 4.69) is 23.9 Å². The van der Waals surface area contributed by atoms with E-state index in [1.807, 2.05) is 6.20 Å². The molecule has 0 unspecified atom stereocenters. The molecule has 7 nitrogen and oxygen atoms in total. The number of aromatic nitrogens is 3. The maximum Gasteiger partial charge on any atom is 0.289 e. The van der Waals surface area contributed by atoms with Gasteiger partial charge in [0, 0.05) is 26.6 Å². The SMILES string of the molecule is Cc1nc(C)c(C(=O)NCC2CCN(c3cnsn3)CC2)o1. The van der Waals surface area contributed by atoms with Crippen LogP contribution < -0.4 is 10.2 Å². The van der Waals surface area contributed by atoms with Crippen molar-refractivity contribution in [1.82, 2.24) is 19.0 Å². The Labute approximate surface area is 133 Å². The van der Waals surface area contributed by atoms with Crippen molar-refractivity contribution in [3.05, 3.63) is 23.5 Å². The number of hydrogen-bond donors (Lipinski definition) is 1. The van der Waals surface area contributed by atoms with Crippen LogP contribution in [0.15, 0.2) is 10.6 Å². The van der Waals surface area contributed by atoms with Crippen LogP contribution in [0.3, 0.4) is 0 Å². The van der Waals surface area contributed by atoms with Gasteiger partial charge in [0.05, 0.1) is 23.6 Å². The van der Waals surface area contributed by atoms with Crippen LogP contribution in [0.5, 0.6) is 0 Å². The molecule has 1 fully saturated rings. The van der Waals surface area contributed by atoms with Gasteiger partial charge < -0.3 is 14.6 Å². The predicted octanol–water partition coefficient (Wildman–Crippen LogP) is 1.79. The quantitative estimate of drug-likeness (QED) is 0.924. The number of piperidine rings is 1. The predicted molar refractivity (Wildman–Crippen MR) is 83.2 cm³/mol. The summed E-state index contributed by atoms with van der Waals surface area (Å²) in [4.78, 5) is 18.5. The van der Waals surface area contributed by atoms with Gasteiger partial charge in [0.15, 0.2) is 11.7 Å². The highest BCUT2D eigenvalue weighted by molar-refractivity contribution is 6.99. The first kappa shape index (κ1) is 15.0. The number of rotatable bonds is 4. The molecule has 0 bridgehead atoms. The monoisotopic (exact) mass is 321 g/mol. The Morgan fingerprint density at radius 3 is 2.82 bits per heavy atom. The van der Waals surface area contributed by atoms with Crippen molar-refractivity contribution < 1.29 is 9.21 Å². The molecule has 2 aromatic heterocycles. The summed E-state index contributed by atoms with van der Waals surface area (Å²) < 4.78 is 13.6. The summed E-state index contributed by atoms with van der Waals surface area (Å²) in [5, 5.41) is 2.96. The summed E-state index contributed by atoms with van der Waals surface area (Å²) >= 11 is 1.23. The number of hydrogen-bond acceptors (Lipinski definition) is 7. The largest absolute Gasteiger partial charge is 0.436 e. The maximum absolute atomic E-state index is 12.1. The third-order valence-corrected chi connectivity index (χ3v) is 4.42. The summed E-state index contributed by atoms with van der Waals surface area (Å²) in [6, 6.07) is 0. The fraction of sp³-hybridized carbons (Fsp3) is 0.571. The molecule has 1 N–H and O–H groups in total. The Morgan fingerprint density at radius 2 is 2.23 bits per heavy atom. The van der Waals surface area contributed by atoms with Crippen molar-refractivity contribution in [2.45, 2.75) is 26.7 Å². The molecular formula is C14H19N5O2S. The van der Waals surface area contributed by atoms with E-state index < -0.39 is 0 Å². The molecule has 0 spiro atoms. The van der Waals surface area contributed by atoms with Gasteiger partial charge in [-0.25, -0.2) is 4.98 Å². The maximum atomic E-state index is 12.1. The van der Waals surface area contributed by atoms with E-state index in [9.17, 15) is 4.79 Å². The van der Waals surface area contributed by atoms with Crippen molar-refractivity contribution >= 4 is 23.5 Å². The van der Waals surface area contributed by atoms with E-state index in [0.29, 0.717) is 29.8 Å². The van der Waals surface area contributed by atoms with Gasteiger partial charge in [0.25, 0.3) is 5.91 Å². The van der Waals surface area contributed by atoms with Crippen LogP contribution >= 0.6 is 11.7 Å². The number of carbonyl (C=O) groups is 1. The Balaban J connectivity index is 1.47. The normalized spacial score (nSPS) is 16.0. The fourth-order valence-corrected chi connectivity index (χ4v) is 3.16. The summed E-state index contributed by atoms with van der Waals surface area (Å²) in [6.07, 6.45) is 3.88. The molecule has 0 radical (unpaired) electrons. The average molecular weight is 321 g/mol. The van der Waals surface area contributed by atoms with E-state index in [4.69, 9.17) is 4.42 Å². The van der Waals surface area contributed by atoms with Crippen LogP contribution in [-0.4, -0.2) is 39.3 Å². The lowest BCUT2D eigenvalue weighted by Gasteiger charge is -2.31. The first-order valence-electron chi connectivity index (χ1n) is 7.38. The van der Waals surface area contributed by atoms with Gasteiger partial charge in [0.2, 0.25) is 5.76 Å². The van der Waals surface area contributed by atoms with Gasteiger partial charge in [-0.1, -0.05) is 0 Å². The van der Waals surface area contributed by atoms with Crippen molar-refractivity contribution in [2.24, 2.45) is 5.92 Å². The number of oxazole rings is 1. The lowest BCUT2D eigenvalue weighted by molar-refractivity contribution is 0.0915. The number of nitrogens with zero attached hydrogens (tertiary/aromatic N) is 4. The van der Waals surface area contributed by atoms with Crippen LogP contribution in [0.25, 0.3) is 0 Å². The third kappa shape index (κ3) is 3.27. The van der Waals surface area contributed by atoms with E-state index in [0.717, 1.165) is 31.7 Å². The smallest absolute Gasteiger partial charge is 0.289 e. The lowest BCUT2D eigenvalue weighted by Crippen LogP contribution is -2.38. The summed E-state index contributed by atoms with van der Waals surface area (Å²) in [7, 11) is 0. The topological polar surface area (TPSA) is 84.2 Å². The summed E-state index contributed by atoms with van der Waals surface area (Å²) in [5.74, 6) is 2.11. The molecule has 8 heteroatoms. The van der Waals surface area contributed by atoms with Gasteiger partial charge >= 0.3 is 0 Å². The zero-order valence-corrected chi connectivity index (χ0v) is 13.5. The van der Waals surface area contributed by atoms with Crippen LogP contribution in [0.2, 0.25) is 0 Å². The minimum absolute atomic E-state index is 0.177. The standard InChI is InChI=1S/C14H19N5O2S/c1-9-13(21-10(2)17-9)14(20)15-7-11-3-5-19(6-4-11)12-8-16-22-18-12/h8,11H,3-7H2,1-2H3,(H,15,20). The highest BCUT2D eigenvalue weighted by Gasteiger charge is 2.22. The van der Waals surface area contributed by atoms with E-state index in [-0.39, 0.29) is 5.91 Å². The van der Waals surface area contributed by atoms with Gasteiger partial charge in [-0.05, 0) is 25.7 Å². The Hall–Kier alpha value is -1.96. The summed E-state index contributed by atoms with van der Waals surface area (Å²) in [6.45, 7) is 6.10. The molecule has 1 saturated heterocycles. The van der Waals surface area contributed by atoms with Crippen molar-refractivity contribution in [2.75, 3.05) is 24.5 Å². The van der Waals surface area contributed by atoms with Crippen LogP contribution in [-0.2, 0) is 0 Å². The van der Waals surface area contributed by atoms with Crippen molar-refractivity contribution in [3.8, 4) is 0 Å². The van der Waals surface area contributed by atoms with Crippen molar-refractivity contribution in [1.29, 1.82) is 0 Å². The molecule has 2 aromatic rings. The Morgan fingerprint density at radius 1 is 1.45 bits per heavy atom. The molecule has 0 atom stereocenters. The number of amides is 1. The van der Waals surface area contributed by atoms with E-state index in [1.165, 1.54) is 11.7 Å². The highest BCUT2D eigenvalue weighted by Crippen LogP contribution is 2.21. The average Bonchev–Trinajstić information content (AvgIpc) is 3.15. The summed E-state index contributed by atoms with van der Waals surface area (Å²) in [5.41, 5.74) is 0.640.